The van der Waals surface area contributed by atoms with Crippen molar-refractivity contribution < 1.29 is 9.18 Å². The molecule has 0 saturated carbocycles. The Hall–Kier alpha value is -3.12. The van der Waals surface area contributed by atoms with Crippen molar-refractivity contribution in [2.24, 2.45) is 0 Å². The molecule has 0 spiro atoms. The van der Waals surface area contributed by atoms with Crippen LogP contribution in [0.4, 0.5) is 4.39 Å². The van der Waals surface area contributed by atoms with Gasteiger partial charge in [-0.1, -0.05) is 31.2 Å². The van der Waals surface area contributed by atoms with Gasteiger partial charge in [-0.25, -0.2) is 9.37 Å². The normalized spacial score (nSPS) is 11.2. The molecule has 0 saturated heterocycles. The third-order valence-electron chi connectivity index (χ3n) is 5.34. The van der Waals surface area contributed by atoms with Gasteiger partial charge in [0.05, 0.1) is 11.9 Å². The molecule has 2 aromatic heterocycles. The van der Waals surface area contributed by atoms with Gasteiger partial charge in [0, 0.05) is 16.5 Å². The van der Waals surface area contributed by atoms with Crippen LogP contribution in [0.5, 0.6) is 0 Å². The van der Waals surface area contributed by atoms with Gasteiger partial charge < -0.3 is 0 Å². The quantitative estimate of drug-likeness (QED) is 0.410. The van der Waals surface area contributed by atoms with Gasteiger partial charge in [-0.05, 0) is 55.2 Å². The van der Waals surface area contributed by atoms with Crippen LogP contribution in [0.25, 0.3) is 21.3 Å². The number of Topliss-reactive ketones (excluding diaryl/α,β-unsaturated/α-hetero) is 1. The maximum absolute atomic E-state index is 13.5. The first-order valence-corrected chi connectivity index (χ1v) is 10.6. The molecule has 2 aromatic carbocycles. The number of hydrogen-bond donors (Lipinski definition) is 0. The fourth-order valence-corrected chi connectivity index (χ4v) is 4.48. The van der Waals surface area contributed by atoms with Crippen LogP contribution in [0.15, 0.2) is 52.6 Å². The second-order valence-corrected chi connectivity index (χ2v) is 8.18. The molecule has 0 bridgehead atoms. The van der Waals surface area contributed by atoms with E-state index in [1.165, 1.54) is 39.7 Å². The van der Waals surface area contributed by atoms with E-state index in [-0.39, 0.29) is 23.7 Å². The summed E-state index contributed by atoms with van der Waals surface area (Å²) in [5.74, 6) is -0.136. The molecule has 0 aliphatic heterocycles. The number of carbonyl (C=O) groups excluding carboxylic acids is 1. The Balaban J connectivity index is 1.77. The number of halogens is 1. The standard InChI is InChI=1S/C24H21FN2O2S/c1-4-16-5-7-17(8-6-16)19-13-30-23-22(19)24(29)27(15(3)26-23)12-21(28)18-9-10-20(25)14(2)11-18/h5-11,13H,4,12H2,1-3H3. The molecule has 152 valence electrons. The minimum Gasteiger partial charge on any atom is -0.292 e. The zero-order valence-corrected chi connectivity index (χ0v) is 17.8. The zero-order valence-electron chi connectivity index (χ0n) is 17.0. The number of thiophene rings is 1. The van der Waals surface area contributed by atoms with E-state index in [0.717, 1.165) is 17.5 Å². The Morgan fingerprint density at radius 2 is 1.87 bits per heavy atom. The molecule has 0 radical (unpaired) electrons. The maximum atomic E-state index is 13.5. The third kappa shape index (κ3) is 3.59. The van der Waals surface area contributed by atoms with E-state index in [2.05, 4.69) is 24.0 Å². The molecular formula is C24H21FN2O2S. The Morgan fingerprint density at radius 1 is 1.13 bits per heavy atom. The van der Waals surface area contributed by atoms with Crippen molar-refractivity contribution in [2.75, 3.05) is 0 Å². The molecule has 0 N–H and O–H groups in total. The van der Waals surface area contributed by atoms with Crippen LogP contribution in [0.3, 0.4) is 0 Å². The van der Waals surface area contributed by atoms with Crippen LogP contribution in [-0.2, 0) is 13.0 Å². The van der Waals surface area contributed by atoms with Gasteiger partial charge in [-0.15, -0.1) is 11.3 Å². The van der Waals surface area contributed by atoms with Gasteiger partial charge in [0.2, 0.25) is 0 Å². The smallest absolute Gasteiger partial charge is 0.263 e. The number of carbonyl (C=O) groups is 1. The van der Waals surface area contributed by atoms with Crippen molar-refractivity contribution in [1.82, 2.24) is 9.55 Å². The van der Waals surface area contributed by atoms with Gasteiger partial charge in [0.1, 0.15) is 16.5 Å². The van der Waals surface area contributed by atoms with Gasteiger partial charge >= 0.3 is 0 Å². The van der Waals surface area contributed by atoms with E-state index in [0.29, 0.717) is 27.2 Å². The summed E-state index contributed by atoms with van der Waals surface area (Å²) < 4.78 is 14.9. The molecule has 6 heteroatoms. The number of nitrogens with zero attached hydrogens (tertiary/aromatic N) is 2. The minimum absolute atomic E-state index is 0.136. The SMILES string of the molecule is CCc1ccc(-c2csc3nc(C)n(CC(=O)c4ccc(F)c(C)c4)c(=O)c23)cc1. The second-order valence-electron chi connectivity index (χ2n) is 7.32. The Bertz CT molecular complexity index is 1320. The molecule has 0 aliphatic carbocycles. The summed E-state index contributed by atoms with van der Waals surface area (Å²) in [5.41, 5.74) is 3.54. The highest BCUT2D eigenvalue weighted by Crippen LogP contribution is 2.31. The summed E-state index contributed by atoms with van der Waals surface area (Å²) in [6, 6.07) is 12.4. The summed E-state index contributed by atoms with van der Waals surface area (Å²) in [5, 5.41) is 2.47. The number of fused-ring (bicyclic) bond motifs is 1. The lowest BCUT2D eigenvalue weighted by atomic mass is 10.0. The lowest BCUT2D eigenvalue weighted by molar-refractivity contribution is 0.0969. The van der Waals surface area contributed by atoms with E-state index >= 15 is 0 Å². The first-order valence-electron chi connectivity index (χ1n) is 9.76. The average molecular weight is 421 g/mol. The fraction of sp³-hybridized carbons (Fsp3) is 0.208. The van der Waals surface area contributed by atoms with Crippen molar-refractivity contribution in [3.8, 4) is 11.1 Å². The number of rotatable bonds is 5. The maximum Gasteiger partial charge on any atom is 0.263 e. The fourth-order valence-electron chi connectivity index (χ4n) is 3.50. The monoisotopic (exact) mass is 420 g/mol. The molecule has 0 fully saturated rings. The number of ketones is 1. The van der Waals surface area contributed by atoms with Gasteiger partial charge in [0.15, 0.2) is 5.78 Å². The van der Waals surface area contributed by atoms with Crippen LogP contribution < -0.4 is 5.56 Å². The van der Waals surface area contributed by atoms with Gasteiger partial charge in [-0.3, -0.25) is 14.2 Å². The molecule has 0 unspecified atom stereocenters. The van der Waals surface area contributed by atoms with Crippen LogP contribution in [0.2, 0.25) is 0 Å². The van der Waals surface area contributed by atoms with Crippen molar-refractivity contribution in [3.63, 3.8) is 0 Å². The van der Waals surface area contributed by atoms with Gasteiger partial charge in [-0.2, -0.15) is 0 Å². The molecule has 4 aromatic rings. The zero-order chi connectivity index (χ0) is 21.4. The van der Waals surface area contributed by atoms with E-state index < -0.39 is 0 Å². The number of aryl methyl sites for hydroxylation is 3. The Kier molecular flexibility index (Phi) is 5.35. The van der Waals surface area contributed by atoms with Crippen molar-refractivity contribution in [3.05, 3.63) is 86.5 Å². The van der Waals surface area contributed by atoms with E-state index in [4.69, 9.17) is 0 Å². The summed E-state index contributed by atoms with van der Waals surface area (Å²) in [7, 11) is 0. The summed E-state index contributed by atoms with van der Waals surface area (Å²) >= 11 is 1.42. The highest BCUT2D eigenvalue weighted by atomic mass is 32.1. The highest BCUT2D eigenvalue weighted by molar-refractivity contribution is 7.17. The molecule has 0 atom stereocenters. The number of hydrogen-bond acceptors (Lipinski definition) is 4. The predicted octanol–water partition coefficient (Wildman–Crippen LogP) is 5.33. The van der Waals surface area contributed by atoms with Gasteiger partial charge in [0.25, 0.3) is 5.56 Å². The average Bonchev–Trinajstić information content (AvgIpc) is 3.16. The third-order valence-corrected chi connectivity index (χ3v) is 6.21. The molecule has 2 heterocycles. The number of aromatic nitrogens is 2. The van der Waals surface area contributed by atoms with Crippen molar-refractivity contribution >= 4 is 27.3 Å². The lowest BCUT2D eigenvalue weighted by Crippen LogP contribution is -2.27. The second kappa shape index (κ2) is 7.95. The van der Waals surface area contributed by atoms with Crippen LogP contribution in [0, 0.1) is 19.7 Å². The summed E-state index contributed by atoms with van der Waals surface area (Å²) in [6.45, 7) is 5.29. The van der Waals surface area contributed by atoms with Crippen molar-refractivity contribution in [2.45, 2.75) is 33.7 Å². The van der Waals surface area contributed by atoms with Crippen LogP contribution >= 0.6 is 11.3 Å². The van der Waals surface area contributed by atoms with Crippen LogP contribution in [-0.4, -0.2) is 15.3 Å². The Morgan fingerprint density at radius 3 is 2.53 bits per heavy atom. The molecule has 30 heavy (non-hydrogen) atoms. The highest BCUT2D eigenvalue weighted by Gasteiger charge is 2.18. The molecule has 0 amide bonds. The number of benzene rings is 2. The predicted molar refractivity (Wildman–Crippen MR) is 119 cm³/mol. The summed E-state index contributed by atoms with van der Waals surface area (Å²) in [6.07, 6.45) is 0.948. The minimum atomic E-state index is -0.361. The largest absolute Gasteiger partial charge is 0.292 e. The first kappa shape index (κ1) is 20.2. The van der Waals surface area contributed by atoms with Crippen LogP contribution in [0.1, 0.15) is 34.2 Å². The topological polar surface area (TPSA) is 52.0 Å². The lowest BCUT2D eigenvalue weighted by Gasteiger charge is -2.10. The molecule has 4 nitrogen and oxygen atoms in total. The van der Waals surface area contributed by atoms with E-state index in [1.54, 1.807) is 13.8 Å². The first-order chi connectivity index (χ1) is 14.4. The van der Waals surface area contributed by atoms with Crippen molar-refractivity contribution in [1.29, 1.82) is 0 Å². The molecule has 0 aliphatic rings. The molecular weight excluding hydrogens is 399 g/mol. The Labute approximate surface area is 177 Å². The summed E-state index contributed by atoms with van der Waals surface area (Å²) in [4.78, 5) is 31.3. The van der Waals surface area contributed by atoms with E-state index in [9.17, 15) is 14.0 Å². The molecule has 4 rings (SSSR count). The van der Waals surface area contributed by atoms with E-state index in [1.807, 2.05) is 17.5 Å².